The summed E-state index contributed by atoms with van der Waals surface area (Å²) in [5.74, 6) is 0.716. The van der Waals surface area contributed by atoms with Crippen LogP contribution in [0.15, 0.2) is 0 Å². The molecule has 1 saturated carbocycles. The zero-order chi connectivity index (χ0) is 12.5. The van der Waals surface area contributed by atoms with E-state index < -0.39 is 0 Å². The van der Waals surface area contributed by atoms with E-state index in [1.54, 1.807) is 0 Å². The van der Waals surface area contributed by atoms with Gasteiger partial charge >= 0.3 is 0 Å². The number of ether oxygens (including phenoxy) is 1. The van der Waals surface area contributed by atoms with Gasteiger partial charge in [0.25, 0.3) is 0 Å². The molecule has 1 aliphatic carbocycles. The molecular weight excluding hydrogens is 210 g/mol. The molecule has 2 nitrogen and oxygen atoms in total. The number of hydrogen-bond acceptors (Lipinski definition) is 2. The van der Waals surface area contributed by atoms with Gasteiger partial charge in [0.15, 0.2) is 0 Å². The van der Waals surface area contributed by atoms with Crippen LogP contribution >= 0.6 is 0 Å². The summed E-state index contributed by atoms with van der Waals surface area (Å²) in [6.07, 6.45) is 7.46. The molecule has 1 saturated heterocycles. The Hall–Kier alpha value is -0.0800. The third-order valence-corrected chi connectivity index (χ3v) is 4.78. The second-order valence-electron chi connectivity index (χ2n) is 6.81. The second kappa shape index (κ2) is 5.27. The molecule has 0 radical (unpaired) electrons. The van der Waals surface area contributed by atoms with Crippen LogP contribution in [0.3, 0.4) is 0 Å². The Morgan fingerprint density at radius 1 is 1.24 bits per heavy atom. The lowest BCUT2D eigenvalue weighted by Gasteiger charge is -2.36. The van der Waals surface area contributed by atoms with Gasteiger partial charge in [0.1, 0.15) is 0 Å². The average Bonchev–Trinajstić information content (AvgIpc) is 3.00. The number of rotatable bonds is 6. The van der Waals surface area contributed by atoms with Crippen molar-refractivity contribution in [2.24, 2.45) is 11.3 Å². The molecule has 1 N–H and O–H groups in total. The Labute approximate surface area is 107 Å². The van der Waals surface area contributed by atoms with Crippen molar-refractivity contribution in [2.75, 3.05) is 6.54 Å². The van der Waals surface area contributed by atoms with Crippen molar-refractivity contribution in [3.63, 3.8) is 0 Å². The van der Waals surface area contributed by atoms with Gasteiger partial charge in [0.2, 0.25) is 0 Å². The molecule has 2 fully saturated rings. The van der Waals surface area contributed by atoms with Crippen molar-refractivity contribution in [3.8, 4) is 0 Å². The summed E-state index contributed by atoms with van der Waals surface area (Å²) < 4.78 is 6.00. The van der Waals surface area contributed by atoms with E-state index in [0.29, 0.717) is 23.5 Å². The monoisotopic (exact) mass is 239 g/mol. The maximum atomic E-state index is 6.00. The third kappa shape index (κ3) is 3.69. The fourth-order valence-corrected chi connectivity index (χ4v) is 2.73. The van der Waals surface area contributed by atoms with Crippen LogP contribution in [0, 0.1) is 11.3 Å². The maximum Gasteiger partial charge on any atom is 0.0585 e. The molecule has 100 valence electrons. The fraction of sp³-hybridized carbons (Fsp3) is 1.00. The molecule has 1 aliphatic heterocycles. The van der Waals surface area contributed by atoms with E-state index in [2.05, 4.69) is 33.0 Å². The predicted molar refractivity (Wildman–Crippen MR) is 72.2 cm³/mol. The first-order chi connectivity index (χ1) is 7.99. The van der Waals surface area contributed by atoms with Gasteiger partial charge in [0, 0.05) is 12.6 Å². The highest BCUT2D eigenvalue weighted by molar-refractivity contribution is 4.89. The highest BCUT2D eigenvalue weighted by atomic mass is 16.5. The quantitative estimate of drug-likeness (QED) is 0.767. The summed E-state index contributed by atoms with van der Waals surface area (Å²) in [6, 6.07) is 0.816. The minimum Gasteiger partial charge on any atom is -0.375 e. The second-order valence-corrected chi connectivity index (χ2v) is 6.81. The Balaban J connectivity index is 1.85. The summed E-state index contributed by atoms with van der Waals surface area (Å²) in [5.41, 5.74) is 0.386. The van der Waals surface area contributed by atoms with Crippen LogP contribution in [0.4, 0.5) is 0 Å². The zero-order valence-electron chi connectivity index (χ0n) is 12.0. The van der Waals surface area contributed by atoms with E-state index in [1.165, 1.54) is 32.1 Å². The van der Waals surface area contributed by atoms with Crippen LogP contribution in [0.1, 0.15) is 59.8 Å². The van der Waals surface area contributed by atoms with Crippen molar-refractivity contribution in [1.82, 2.24) is 5.32 Å². The van der Waals surface area contributed by atoms with E-state index in [4.69, 9.17) is 4.74 Å². The van der Waals surface area contributed by atoms with Crippen LogP contribution in [-0.4, -0.2) is 24.8 Å². The van der Waals surface area contributed by atoms with Crippen LogP contribution in [0.25, 0.3) is 0 Å². The lowest BCUT2D eigenvalue weighted by molar-refractivity contribution is 0.0135. The smallest absolute Gasteiger partial charge is 0.0585 e. The van der Waals surface area contributed by atoms with E-state index in [-0.39, 0.29) is 0 Å². The Bertz CT molecular complexity index is 249. The molecular formula is C15H29NO. The van der Waals surface area contributed by atoms with Gasteiger partial charge in [-0.2, -0.15) is 0 Å². The van der Waals surface area contributed by atoms with Gasteiger partial charge in [-0.15, -0.1) is 0 Å². The highest BCUT2D eigenvalue weighted by Crippen LogP contribution is 2.37. The molecule has 3 unspecified atom stereocenters. The highest BCUT2D eigenvalue weighted by Gasteiger charge is 2.35. The first-order valence-electron chi connectivity index (χ1n) is 7.38. The van der Waals surface area contributed by atoms with Gasteiger partial charge in [-0.25, -0.2) is 0 Å². The average molecular weight is 239 g/mol. The molecule has 0 bridgehead atoms. The van der Waals surface area contributed by atoms with Gasteiger partial charge in [0.05, 0.1) is 12.2 Å². The fourth-order valence-electron chi connectivity index (χ4n) is 2.73. The van der Waals surface area contributed by atoms with E-state index >= 15 is 0 Å². The van der Waals surface area contributed by atoms with Gasteiger partial charge in [-0.1, -0.05) is 20.8 Å². The molecule has 2 heteroatoms. The van der Waals surface area contributed by atoms with Crippen molar-refractivity contribution in [1.29, 1.82) is 0 Å². The SMILES string of the molecule is CC1CCC(CC(C)(CNC2CC2)C(C)C)O1. The number of hydrogen-bond donors (Lipinski definition) is 1. The first-order valence-corrected chi connectivity index (χ1v) is 7.38. The van der Waals surface area contributed by atoms with Crippen molar-refractivity contribution in [3.05, 3.63) is 0 Å². The third-order valence-electron chi connectivity index (χ3n) is 4.78. The number of nitrogens with one attached hydrogen (secondary N) is 1. The molecule has 2 aliphatic rings. The Morgan fingerprint density at radius 2 is 1.94 bits per heavy atom. The topological polar surface area (TPSA) is 21.3 Å². The normalized spacial score (nSPS) is 33.0. The molecule has 0 aromatic heterocycles. The van der Waals surface area contributed by atoms with Gasteiger partial charge in [-0.3, -0.25) is 0 Å². The van der Waals surface area contributed by atoms with Crippen molar-refractivity contribution in [2.45, 2.75) is 78.0 Å². The van der Waals surface area contributed by atoms with E-state index in [0.717, 1.165) is 12.6 Å². The van der Waals surface area contributed by atoms with E-state index in [9.17, 15) is 0 Å². The largest absolute Gasteiger partial charge is 0.375 e. The first kappa shape index (κ1) is 13.4. The van der Waals surface area contributed by atoms with Crippen LogP contribution in [0.2, 0.25) is 0 Å². The molecule has 0 spiro atoms. The van der Waals surface area contributed by atoms with E-state index in [1.807, 2.05) is 0 Å². The van der Waals surface area contributed by atoms with Crippen molar-refractivity contribution >= 4 is 0 Å². The standard InChI is InChI=1S/C15H29NO/c1-11(2)15(4,10-16-13-6-7-13)9-14-8-5-12(3)17-14/h11-14,16H,5-10H2,1-4H3. The molecule has 3 atom stereocenters. The zero-order valence-corrected chi connectivity index (χ0v) is 12.0. The summed E-state index contributed by atoms with van der Waals surface area (Å²) in [6.45, 7) is 10.5. The summed E-state index contributed by atoms with van der Waals surface area (Å²) in [4.78, 5) is 0. The van der Waals surface area contributed by atoms with Crippen LogP contribution < -0.4 is 5.32 Å². The molecule has 0 aromatic rings. The molecule has 0 aromatic carbocycles. The van der Waals surface area contributed by atoms with Gasteiger partial charge in [-0.05, 0) is 50.4 Å². The summed E-state index contributed by atoms with van der Waals surface area (Å²) >= 11 is 0. The minimum absolute atomic E-state index is 0.386. The Morgan fingerprint density at radius 3 is 2.41 bits per heavy atom. The molecule has 2 rings (SSSR count). The summed E-state index contributed by atoms with van der Waals surface area (Å²) in [5, 5.41) is 3.71. The maximum absolute atomic E-state index is 6.00. The molecule has 0 amide bonds. The lowest BCUT2D eigenvalue weighted by atomic mass is 9.74. The summed E-state index contributed by atoms with van der Waals surface area (Å²) in [7, 11) is 0. The van der Waals surface area contributed by atoms with Crippen LogP contribution in [-0.2, 0) is 4.74 Å². The minimum atomic E-state index is 0.386. The Kier molecular flexibility index (Phi) is 4.14. The lowest BCUT2D eigenvalue weighted by Crippen LogP contribution is -2.39. The predicted octanol–water partition coefficient (Wildman–Crippen LogP) is 3.36. The molecule has 1 heterocycles. The van der Waals surface area contributed by atoms with Crippen LogP contribution in [0.5, 0.6) is 0 Å². The van der Waals surface area contributed by atoms with Crippen molar-refractivity contribution < 1.29 is 4.74 Å². The molecule has 17 heavy (non-hydrogen) atoms. The van der Waals surface area contributed by atoms with Gasteiger partial charge < -0.3 is 10.1 Å².